The van der Waals surface area contributed by atoms with Crippen LogP contribution in [0.5, 0.6) is 0 Å². The molecule has 92 valence electrons. The van der Waals surface area contributed by atoms with Crippen LogP contribution >= 0.6 is 0 Å². The molecule has 1 rings (SSSR count). The Kier molecular flexibility index (Phi) is 4.33. The first-order chi connectivity index (χ1) is 7.44. The molecule has 1 atom stereocenters. The largest absolute Gasteiger partial charge is 0.444 e. The van der Waals surface area contributed by atoms with E-state index in [9.17, 15) is 9.59 Å². The van der Waals surface area contributed by atoms with Gasteiger partial charge in [0.25, 0.3) is 0 Å². The van der Waals surface area contributed by atoms with Crippen molar-refractivity contribution in [3.05, 3.63) is 0 Å². The number of likely N-dealkylation sites (tertiary alicyclic amines) is 1. The number of carbonyl (C=O) groups is 2. The quantitative estimate of drug-likeness (QED) is 0.695. The summed E-state index contributed by atoms with van der Waals surface area (Å²) in [5.74, 6) is 0. The first-order valence-corrected chi connectivity index (χ1v) is 5.87. The van der Waals surface area contributed by atoms with Gasteiger partial charge in [0.15, 0.2) is 0 Å². The molecule has 4 heteroatoms. The zero-order valence-electron chi connectivity index (χ0n) is 10.4. The molecule has 0 unspecified atom stereocenters. The van der Waals surface area contributed by atoms with Crippen LogP contribution in [0.25, 0.3) is 0 Å². The second kappa shape index (κ2) is 5.32. The molecule has 0 aromatic carbocycles. The predicted octanol–water partition coefficient (Wildman–Crippen LogP) is 2.37. The molecule has 0 aromatic heterocycles. The molecule has 0 aromatic rings. The highest BCUT2D eigenvalue weighted by molar-refractivity contribution is 5.69. The van der Waals surface area contributed by atoms with Crippen LogP contribution < -0.4 is 0 Å². The number of hydrogen-bond donors (Lipinski definition) is 0. The summed E-state index contributed by atoms with van der Waals surface area (Å²) in [6.45, 7) is 6.34. The number of hydrogen-bond acceptors (Lipinski definition) is 3. The second-order valence-corrected chi connectivity index (χ2v) is 5.21. The van der Waals surface area contributed by atoms with E-state index >= 15 is 0 Å². The number of nitrogens with zero attached hydrogens (tertiary/aromatic N) is 1. The molecule has 1 amide bonds. The molecule has 16 heavy (non-hydrogen) atoms. The first-order valence-electron chi connectivity index (χ1n) is 5.87. The Balaban J connectivity index is 2.50. The van der Waals surface area contributed by atoms with E-state index in [2.05, 4.69) is 0 Å². The van der Waals surface area contributed by atoms with Crippen molar-refractivity contribution in [2.45, 2.75) is 58.1 Å². The molecular weight excluding hydrogens is 206 g/mol. The fraction of sp³-hybridized carbons (Fsp3) is 0.833. The minimum atomic E-state index is -0.450. The van der Waals surface area contributed by atoms with Gasteiger partial charge >= 0.3 is 6.09 Å². The van der Waals surface area contributed by atoms with Crippen molar-refractivity contribution in [1.82, 2.24) is 4.90 Å². The van der Waals surface area contributed by atoms with Crippen LogP contribution in [-0.4, -0.2) is 35.5 Å². The minimum absolute atomic E-state index is 0.181. The van der Waals surface area contributed by atoms with Crippen molar-refractivity contribution in [1.29, 1.82) is 0 Å². The SMILES string of the molecule is CC(C)(C)OC(=O)N1CCC[C@@H]1CCC=O. The summed E-state index contributed by atoms with van der Waals surface area (Å²) in [6.07, 6.45) is 3.91. The van der Waals surface area contributed by atoms with Gasteiger partial charge in [0.2, 0.25) is 0 Å². The van der Waals surface area contributed by atoms with Gasteiger partial charge in [-0.2, -0.15) is 0 Å². The van der Waals surface area contributed by atoms with E-state index in [1.165, 1.54) is 0 Å². The summed E-state index contributed by atoms with van der Waals surface area (Å²) in [5, 5.41) is 0. The number of rotatable bonds is 3. The Morgan fingerprint density at radius 2 is 2.19 bits per heavy atom. The van der Waals surface area contributed by atoms with Crippen LogP contribution in [0, 0.1) is 0 Å². The van der Waals surface area contributed by atoms with Gasteiger partial charge in [-0.25, -0.2) is 4.79 Å². The molecule has 0 bridgehead atoms. The van der Waals surface area contributed by atoms with Gasteiger partial charge in [0.05, 0.1) is 0 Å². The van der Waals surface area contributed by atoms with Gasteiger partial charge in [0.1, 0.15) is 11.9 Å². The van der Waals surface area contributed by atoms with Crippen LogP contribution in [-0.2, 0) is 9.53 Å². The lowest BCUT2D eigenvalue weighted by molar-refractivity contribution is -0.108. The summed E-state index contributed by atoms with van der Waals surface area (Å²) in [7, 11) is 0. The Labute approximate surface area is 96.9 Å². The monoisotopic (exact) mass is 227 g/mol. The Morgan fingerprint density at radius 3 is 2.75 bits per heavy atom. The van der Waals surface area contributed by atoms with Crippen molar-refractivity contribution >= 4 is 12.4 Å². The summed E-state index contributed by atoms with van der Waals surface area (Å²) in [6, 6.07) is 0.181. The van der Waals surface area contributed by atoms with E-state index in [-0.39, 0.29) is 12.1 Å². The van der Waals surface area contributed by atoms with Crippen molar-refractivity contribution in [2.24, 2.45) is 0 Å². The topological polar surface area (TPSA) is 46.6 Å². The number of carbonyl (C=O) groups excluding carboxylic acids is 2. The summed E-state index contributed by atoms with van der Waals surface area (Å²) >= 11 is 0. The molecule has 0 saturated carbocycles. The summed E-state index contributed by atoms with van der Waals surface area (Å²) in [4.78, 5) is 23.9. The Hall–Kier alpha value is -1.06. The molecular formula is C12H21NO3. The molecule has 0 aliphatic carbocycles. The average Bonchev–Trinajstić information content (AvgIpc) is 2.59. The predicted molar refractivity (Wildman–Crippen MR) is 61.3 cm³/mol. The van der Waals surface area contributed by atoms with Crippen LogP contribution in [0.4, 0.5) is 4.79 Å². The standard InChI is InChI=1S/C12H21NO3/c1-12(2,3)16-11(15)13-8-4-6-10(13)7-5-9-14/h9-10H,4-8H2,1-3H3/t10-/m1/s1. The smallest absolute Gasteiger partial charge is 0.410 e. The number of ether oxygens (including phenoxy) is 1. The van der Waals surface area contributed by atoms with Gasteiger partial charge in [-0.1, -0.05) is 0 Å². The zero-order valence-corrected chi connectivity index (χ0v) is 10.4. The maximum Gasteiger partial charge on any atom is 0.410 e. The van der Waals surface area contributed by atoms with Crippen LogP contribution in [0.2, 0.25) is 0 Å². The van der Waals surface area contributed by atoms with Gasteiger partial charge in [0, 0.05) is 19.0 Å². The zero-order chi connectivity index (χ0) is 12.2. The van der Waals surface area contributed by atoms with E-state index in [1.807, 2.05) is 20.8 Å². The van der Waals surface area contributed by atoms with Crippen LogP contribution in [0.3, 0.4) is 0 Å². The highest BCUT2D eigenvalue weighted by atomic mass is 16.6. The van der Waals surface area contributed by atoms with Gasteiger partial charge in [-0.15, -0.1) is 0 Å². The first kappa shape index (κ1) is 13.0. The maximum absolute atomic E-state index is 11.8. The summed E-state index contributed by atoms with van der Waals surface area (Å²) < 4.78 is 5.33. The van der Waals surface area contributed by atoms with E-state index < -0.39 is 5.60 Å². The normalized spacial score (nSPS) is 20.9. The lowest BCUT2D eigenvalue weighted by Gasteiger charge is -2.28. The molecule has 1 heterocycles. The van der Waals surface area contributed by atoms with Gasteiger partial charge in [-0.3, -0.25) is 0 Å². The molecule has 0 N–H and O–H groups in total. The van der Waals surface area contributed by atoms with Crippen molar-refractivity contribution < 1.29 is 14.3 Å². The fourth-order valence-electron chi connectivity index (χ4n) is 1.96. The molecule has 1 aliphatic rings. The van der Waals surface area contributed by atoms with E-state index in [1.54, 1.807) is 4.90 Å². The molecule has 4 nitrogen and oxygen atoms in total. The molecule has 1 fully saturated rings. The maximum atomic E-state index is 11.8. The van der Waals surface area contributed by atoms with Crippen LogP contribution in [0.15, 0.2) is 0 Å². The lowest BCUT2D eigenvalue weighted by atomic mass is 10.1. The molecule has 1 saturated heterocycles. The molecule has 0 spiro atoms. The van der Waals surface area contributed by atoms with E-state index in [4.69, 9.17) is 4.74 Å². The summed E-state index contributed by atoms with van der Waals surface area (Å²) in [5.41, 5.74) is -0.450. The Morgan fingerprint density at radius 1 is 1.50 bits per heavy atom. The van der Waals surface area contributed by atoms with Crippen molar-refractivity contribution in [2.75, 3.05) is 6.54 Å². The third-order valence-corrected chi connectivity index (χ3v) is 2.62. The number of amides is 1. The van der Waals surface area contributed by atoms with E-state index in [0.29, 0.717) is 6.42 Å². The van der Waals surface area contributed by atoms with E-state index in [0.717, 1.165) is 32.1 Å². The van der Waals surface area contributed by atoms with Crippen molar-refractivity contribution in [3.63, 3.8) is 0 Å². The lowest BCUT2D eigenvalue weighted by Crippen LogP contribution is -2.39. The Bertz CT molecular complexity index is 257. The number of aldehydes is 1. The van der Waals surface area contributed by atoms with Gasteiger partial charge in [-0.05, 0) is 40.0 Å². The highest BCUT2D eigenvalue weighted by Gasteiger charge is 2.31. The highest BCUT2D eigenvalue weighted by Crippen LogP contribution is 2.23. The third-order valence-electron chi connectivity index (χ3n) is 2.62. The fourth-order valence-corrected chi connectivity index (χ4v) is 1.96. The third kappa shape index (κ3) is 3.83. The molecule has 0 radical (unpaired) electrons. The van der Waals surface area contributed by atoms with Crippen LogP contribution in [0.1, 0.15) is 46.5 Å². The average molecular weight is 227 g/mol. The molecule has 1 aliphatic heterocycles. The van der Waals surface area contributed by atoms with Gasteiger partial charge < -0.3 is 14.4 Å². The second-order valence-electron chi connectivity index (χ2n) is 5.21. The van der Waals surface area contributed by atoms with Crippen molar-refractivity contribution in [3.8, 4) is 0 Å². The minimum Gasteiger partial charge on any atom is -0.444 e.